The fourth-order valence-corrected chi connectivity index (χ4v) is 2.00. The number of aromatic nitrogens is 1. The maximum Gasteiger partial charge on any atom is 0.224 e. The van der Waals surface area contributed by atoms with E-state index in [1.807, 2.05) is 0 Å². The molecule has 0 aromatic carbocycles. The Labute approximate surface area is 99.4 Å². The number of hydrogen-bond donors (Lipinski definition) is 2. The molecule has 2 N–H and O–H groups in total. The highest BCUT2D eigenvalue weighted by Gasteiger charge is 2.18. The lowest BCUT2D eigenvalue weighted by molar-refractivity contribution is -0.116. The van der Waals surface area contributed by atoms with Crippen molar-refractivity contribution in [2.75, 3.05) is 18.4 Å². The van der Waals surface area contributed by atoms with E-state index in [1.54, 1.807) is 18.3 Å². The van der Waals surface area contributed by atoms with E-state index in [0.717, 1.165) is 19.5 Å². The van der Waals surface area contributed by atoms with Crippen molar-refractivity contribution in [1.29, 1.82) is 0 Å². The minimum absolute atomic E-state index is 0.00333. The summed E-state index contributed by atoms with van der Waals surface area (Å²) in [5, 5.41) is 6.34. The second kappa shape index (κ2) is 5.27. The van der Waals surface area contributed by atoms with Crippen LogP contribution in [0.1, 0.15) is 12.8 Å². The minimum Gasteiger partial charge on any atom is -0.323 e. The molecule has 2 rings (SSSR count). The van der Waals surface area contributed by atoms with Crippen LogP contribution in [-0.2, 0) is 4.79 Å². The molecular weight excluding hydrogens is 226 g/mol. The van der Waals surface area contributed by atoms with Gasteiger partial charge < -0.3 is 10.6 Å². The van der Waals surface area contributed by atoms with E-state index in [2.05, 4.69) is 15.6 Å². The lowest BCUT2D eigenvalue weighted by Gasteiger charge is -2.09. The third-order valence-electron chi connectivity index (χ3n) is 2.67. The van der Waals surface area contributed by atoms with Crippen LogP contribution in [0, 0.1) is 5.92 Å². The van der Waals surface area contributed by atoms with E-state index >= 15 is 0 Å². The van der Waals surface area contributed by atoms with E-state index < -0.39 is 0 Å². The van der Waals surface area contributed by atoms with Gasteiger partial charge >= 0.3 is 0 Å². The van der Waals surface area contributed by atoms with Gasteiger partial charge in [0.25, 0.3) is 0 Å². The summed E-state index contributed by atoms with van der Waals surface area (Å²) in [4.78, 5) is 15.6. The number of carbonyl (C=O) groups is 1. The Morgan fingerprint density at radius 1 is 1.69 bits per heavy atom. The molecule has 1 aromatic rings. The van der Waals surface area contributed by atoms with Crippen LogP contribution in [0.4, 0.5) is 5.69 Å². The van der Waals surface area contributed by atoms with Gasteiger partial charge in [-0.2, -0.15) is 0 Å². The summed E-state index contributed by atoms with van der Waals surface area (Å²) in [5.74, 6) is 0.444. The van der Waals surface area contributed by atoms with Gasteiger partial charge in [-0.25, -0.2) is 4.98 Å². The molecule has 0 spiro atoms. The summed E-state index contributed by atoms with van der Waals surface area (Å²) in [6.07, 6.45) is 3.20. The Kier molecular flexibility index (Phi) is 3.74. The van der Waals surface area contributed by atoms with Crippen LogP contribution in [0.25, 0.3) is 0 Å². The van der Waals surface area contributed by atoms with Crippen molar-refractivity contribution in [2.45, 2.75) is 12.8 Å². The summed E-state index contributed by atoms with van der Waals surface area (Å²) in [7, 11) is 0. The van der Waals surface area contributed by atoms with Crippen LogP contribution >= 0.6 is 11.6 Å². The van der Waals surface area contributed by atoms with Crippen LogP contribution in [0.15, 0.2) is 18.3 Å². The van der Waals surface area contributed by atoms with Gasteiger partial charge in [0.1, 0.15) is 0 Å². The molecule has 0 aliphatic carbocycles. The van der Waals surface area contributed by atoms with Crippen LogP contribution in [0.5, 0.6) is 0 Å². The highest BCUT2D eigenvalue weighted by atomic mass is 35.5. The second-order valence-corrected chi connectivity index (χ2v) is 4.31. The van der Waals surface area contributed by atoms with Gasteiger partial charge in [-0.1, -0.05) is 11.6 Å². The molecule has 0 saturated carbocycles. The smallest absolute Gasteiger partial charge is 0.224 e. The number of amides is 1. The largest absolute Gasteiger partial charge is 0.323 e. The summed E-state index contributed by atoms with van der Waals surface area (Å²) in [6.45, 7) is 1.93. The van der Waals surface area contributed by atoms with Crippen molar-refractivity contribution >= 4 is 23.2 Å². The van der Waals surface area contributed by atoms with Crippen molar-refractivity contribution in [3.63, 3.8) is 0 Å². The molecular formula is C11H14ClN3O. The fraction of sp³-hybridized carbons (Fsp3) is 0.455. The van der Waals surface area contributed by atoms with E-state index in [4.69, 9.17) is 11.6 Å². The van der Waals surface area contributed by atoms with Gasteiger partial charge in [0.05, 0.1) is 5.69 Å². The summed E-state index contributed by atoms with van der Waals surface area (Å²) in [6, 6.07) is 3.50. The molecule has 4 nitrogen and oxygen atoms in total. The molecule has 5 heteroatoms. The van der Waals surface area contributed by atoms with Crippen LogP contribution in [0.3, 0.4) is 0 Å². The zero-order chi connectivity index (χ0) is 11.4. The number of halogens is 1. The Morgan fingerprint density at radius 3 is 3.25 bits per heavy atom. The van der Waals surface area contributed by atoms with Gasteiger partial charge in [-0.15, -0.1) is 0 Å². The molecule has 0 radical (unpaired) electrons. The van der Waals surface area contributed by atoms with Gasteiger partial charge in [-0.05, 0) is 37.6 Å². The molecule has 2 heterocycles. The average Bonchev–Trinajstić information content (AvgIpc) is 2.74. The predicted octanol–water partition coefficient (Wildman–Crippen LogP) is 1.67. The molecule has 1 unspecified atom stereocenters. The molecule has 1 aliphatic rings. The van der Waals surface area contributed by atoms with Gasteiger partial charge in [-0.3, -0.25) is 4.79 Å². The zero-order valence-electron chi connectivity index (χ0n) is 8.87. The highest BCUT2D eigenvalue weighted by molar-refractivity contribution is 6.32. The zero-order valence-corrected chi connectivity index (χ0v) is 9.63. The Balaban J connectivity index is 1.89. The molecule has 1 amide bonds. The quantitative estimate of drug-likeness (QED) is 0.789. The van der Waals surface area contributed by atoms with E-state index in [-0.39, 0.29) is 5.91 Å². The van der Waals surface area contributed by atoms with Gasteiger partial charge in [0, 0.05) is 12.6 Å². The molecule has 0 bridgehead atoms. The molecule has 1 saturated heterocycles. The van der Waals surface area contributed by atoms with Crippen LogP contribution in [-0.4, -0.2) is 24.0 Å². The van der Waals surface area contributed by atoms with Crippen LogP contribution in [0.2, 0.25) is 5.15 Å². The van der Waals surface area contributed by atoms with Crippen molar-refractivity contribution in [3.05, 3.63) is 23.5 Å². The molecule has 1 atom stereocenters. The topological polar surface area (TPSA) is 54.0 Å². The summed E-state index contributed by atoms with van der Waals surface area (Å²) >= 11 is 5.85. The molecule has 16 heavy (non-hydrogen) atoms. The van der Waals surface area contributed by atoms with Gasteiger partial charge in [0.15, 0.2) is 5.15 Å². The first-order chi connectivity index (χ1) is 7.75. The number of nitrogens with zero attached hydrogens (tertiary/aromatic N) is 1. The Bertz CT molecular complexity index is 377. The maximum absolute atomic E-state index is 11.7. The number of nitrogens with one attached hydrogen (secondary N) is 2. The average molecular weight is 240 g/mol. The number of rotatable bonds is 3. The molecule has 1 fully saturated rings. The van der Waals surface area contributed by atoms with Crippen LogP contribution < -0.4 is 10.6 Å². The minimum atomic E-state index is 0.00333. The van der Waals surface area contributed by atoms with Gasteiger partial charge in [0.2, 0.25) is 5.91 Å². The first kappa shape index (κ1) is 11.4. The first-order valence-electron chi connectivity index (χ1n) is 5.37. The monoisotopic (exact) mass is 239 g/mol. The molecule has 1 aromatic heterocycles. The SMILES string of the molecule is O=C(CC1CCNC1)Nc1cccnc1Cl. The molecule has 86 valence electrons. The van der Waals surface area contributed by atoms with Crippen molar-refractivity contribution < 1.29 is 4.79 Å². The molecule has 1 aliphatic heterocycles. The fourth-order valence-electron chi connectivity index (χ4n) is 1.83. The third-order valence-corrected chi connectivity index (χ3v) is 2.97. The van der Waals surface area contributed by atoms with Crippen molar-refractivity contribution in [1.82, 2.24) is 10.3 Å². The number of pyridine rings is 1. The summed E-state index contributed by atoms with van der Waals surface area (Å²) < 4.78 is 0. The standard InChI is InChI=1S/C11H14ClN3O/c12-11-9(2-1-4-14-11)15-10(16)6-8-3-5-13-7-8/h1-2,4,8,13H,3,5-7H2,(H,15,16). The normalized spacial score (nSPS) is 19.7. The highest BCUT2D eigenvalue weighted by Crippen LogP contribution is 2.19. The van der Waals surface area contributed by atoms with E-state index in [0.29, 0.717) is 23.2 Å². The number of carbonyl (C=O) groups excluding carboxylic acids is 1. The Hall–Kier alpha value is -1.13. The Morgan fingerprint density at radius 2 is 2.56 bits per heavy atom. The number of anilines is 1. The maximum atomic E-state index is 11.7. The third kappa shape index (κ3) is 2.93. The van der Waals surface area contributed by atoms with E-state index in [1.165, 1.54) is 0 Å². The first-order valence-corrected chi connectivity index (χ1v) is 5.74. The predicted molar refractivity (Wildman–Crippen MR) is 63.5 cm³/mol. The summed E-state index contributed by atoms with van der Waals surface area (Å²) in [5.41, 5.74) is 0.583. The lowest BCUT2D eigenvalue weighted by Crippen LogP contribution is -2.18. The van der Waals surface area contributed by atoms with E-state index in [9.17, 15) is 4.79 Å². The number of hydrogen-bond acceptors (Lipinski definition) is 3. The lowest BCUT2D eigenvalue weighted by atomic mass is 10.0. The second-order valence-electron chi connectivity index (χ2n) is 3.95. The van der Waals surface area contributed by atoms with Crippen molar-refractivity contribution in [2.24, 2.45) is 5.92 Å². The van der Waals surface area contributed by atoms with Crippen molar-refractivity contribution in [3.8, 4) is 0 Å².